The highest BCUT2D eigenvalue weighted by molar-refractivity contribution is 7.98. The molecule has 1 amide bonds. The van der Waals surface area contributed by atoms with Crippen LogP contribution in [0.2, 0.25) is 0 Å². The van der Waals surface area contributed by atoms with E-state index in [0.717, 1.165) is 50.7 Å². The first-order valence-corrected chi connectivity index (χ1v) is 10.4. The highest BCUT2D eigenvalue weighted by Gasteiger charge is 2.26. The number of para-hydroxylation sites is 1. The monoisotopic (exact) mass is 388 g/mol. The molecule has 0 fully saturated rings. The number of nitrogens with one attached hydrogen (secondary N) is 2. The van der Waals surface area contributed by atoms with E-state index >= 15 is 0 Å². The minimum Gasteiger partial charge on any atom is -0.360 e. The molecule has 2 aromatic carbocycles. The fraction of sp³-hybridized carbons (Fsp3) is 0.182. The number of carbonyl (C=O) groups excluding carboxylic acids is 1. The molecule has 0 spiro atoms. The van der Waals surface area contributed by atoms with E-state index in [1.807, 2.05) is 40.7 Å². The van der Waals surface area contributed by atoms with Gasteiger partial charge < -0.3 is 10.3 Å². The number of rotatable bonds is 3. The van der Waals surface area contributed by atoms with Crippen LogP contribution in [0.4, 0.5) is 5.82 Å². The number of aryl methyl sites for hydroxylation is 2. The van der Waals surface area contributed by atoms with Crippen LogP contribution in [0, 0.1) is 13.8 Å². The average molecular weight is 388 g/mol. The van der Waals surface area contributed by atoms with Gasteiger partial charge in [0.1, 0.15) is 5.82 Å². The molecule has 0 saturated heterocycles. The van der Waals surface area contributed by atoms with Crippen molar-refractivity contribution in [3.8, 4) is 5.69 Å². The second-order valence-corrected chi connectivity index (χ2v) is 8.16. The van der Waals surface area contributed by atoms with Gasteiger partial charge in [-0.1, -0.05) is 35.9 Å². The Morgan fingerprint density at radius 1 is 1.18 bits per heavy atom. The molecule has 1 aliphatic rings. The van der Waals surface area contributed by atoms with Gasteiger partial charge in [0.05, 0.1) is 16.9 Å². The number of aromatic amines is 1. The van der Waals surface area contributed by atoms with Gasteiger partial charge in [-0.3, -0.25) is 4.79 Å². The van der Waals surface area contributed by atoms with Crippen molar-refractivity contribution in [2.75, 3.05) is 5.32 Å². The molecule has 1 aliphatic heterocycles. The van der Waals surface area contributed by atoms with Gasteiger partial charge in [-0.2, -0.15) is 16.9 Å². The van der Waals surface area contributed by atoms with E-state index in [1.54, 1.807) is 6.20 Å². The molecule has 2 N–H and O–H groups in total. The first-order chi connectivity index (χ1) is 13.6. The zero-order chi connectivity index (χ0) is 19.3. The molecule has 5 rings (SSSR count). The minimum absolute atomic E-state index is 0.122. The van der Waals surface area contributed by atoms with Crippen molar-refractivity contribution in [3.05, 3.63) is 76.6 Å². The first-order valence-electron chi connectivity index (χ1n) is 9.25. The van der Waals surface area contributed by atoms with E-state index in [2.05, 4.69) is 42.3 Å². The van der Waals surface area contributed by atoms with Crippen LogP contribution in [0.5, 0.6) is 0 Å². The van der Waals surface area contributed by atoms with Gasteiger partial charge in [0.15, 0.2) is 0 Å². The lowest BCUT2D eigenvalue weighted by atomic mass is 10.1. The van der Waals surface area contributed by atoms with Crippen LogP contribution < -0.4 is 5.32 Å². The maximum Gasteiger partial charge on any atom is 0.258 e. The molecular weight excluding hydrogens is 368 g/mol. The van der Waals surface area contributed by atoms with E-state index in [1.165, 1.54) is 5.56 Å². The van der Waals surface area contributed by atoms with Gasteiger partial charge in [-0.25, -0.2) is 4.68 Å². The molecule has 0 atom stereocenters. The first kappa shape index (κ1) is 17.1. The number of fused-ring (bicyclic) bond motifs is 2. The van der Waals surface area contributed by atoms with Crippen molar-refractivity contribution >= 4 is 34.4 Å². The summed E-state index contributed by atoms with van der Waals surface area (Å²) in [6, 6.07) is 14.1. The Kier molecular flexibility index (Phi) is 4.02. The maximum atomic E-state index is 13.1. The van der Waals surface area contributed by atoms with Crippen LogP contribution in [-0.4, -0.2) is 20.7 Å². The lowest BCUT2D eigenvalue weighted by Crippen LogP contribution is -2.16. The number of hydrogen-bond donors (Lipinski definition) is 2. The number of H-pyrrole nitrogens is 1. The quantitative estimate of drug-likeness (QED) is 0.521. The normalized spacial score (nSPS) is 13.1. The number of hydrogen-bond acceptors (Lipinski definition) is 3. The Bertz CT molecular complexity index is 1220. The molecule has 2 aromatic heterocycles. The molecule has 0 unspecified atom stereocenters. The summed E-state index contributed by atoms with van der Waals surface area (Å²) in [5.41, 5.74) is 7.12. The third-order valence-corrected chi connectivity index (χ3v) is 6.17. The van der Waals surface area contributed by atoms with Crippen molar-refractivity contribution in [1.29, 1.82) is 0 Å². The van der Waals surface area contributed by atoms with E-state index in [0.29, 0.717) is 5.56 Å². The van der Waals surface area contributed by atoms with Crippen molar-refractivity contribution in [3.63, 3.8) is 0 Å². The van der Waals surface area contributed by atoms with Crippen molar-refractivity contribution < 1.29 is 4.79 Å². The number of amides is 1. The summed E-state index contributed by atoms with van der Waals surface area (Å²) in [5, 5.41) is 8.90. The van der Waals surface area contributed by atoms with Crippen LogP contribution in [0.15, 0.2) is 48.7 Å². The number of thioether (sulfide) groups is 1. The fourth-order valence-electron chi connectivity index (χ4n) is 3.79. The minimum atomic E-state index is -0.122. The van der Waals surface area contributed by atoms with Gasteiger partial charge in [0.2, 0.25) is 0 Å². The number of nitrogens with zero attached hydrogens (tertiary/aromatic N) is 2. The third kappa shape index (κ3) is 2.72. The van der Waals surface area contributed by atoms with Crippen LogP contribution in [0.25, 0.3) is 16.6 Å². The van der Waals surface area contributed by atoms with E-state index in [9.17, 15) is 4.79 Å². The molecule has 0 radical (unpaired) electrons. The summed E-state index contributed by atoms with van der Waals surface area (Å²) >= 11 is 1.83. The smallest absolute Gasteiger partial charge is 0.258 e. The lowest BCUT2D eigenvalue weighted by molar-refractivity contribution is 0.102. The standard InChI is InChI=1S/C22H20N4OS/c1-13-7-8-20(14(2)9-13)26-21(17-11-28-12-19(17)25-26)24-22(27)16-10-23-18-6-4-3-5-15(16)18/h3-10,23H,11-12H2,1-2H3,(H,24,27). The van der Waals surface area contributed by atoms with Crippen molar-refractivity contribution in [1.82, 2.24) is 14.8 Å². The third-order valence-electron chi connectivity index (χ3n) is 5.20. The predicted molar refractivity (Wildman–Crippen MR) is 114 cm³/mol. The maximum absolute atomic E-state index is 13.1. The summed E-state index contributed by atoms with van der Waals surface area (Å²) in [4.78, 5) is 16.3. The molecule has 3 heterocycles. The average Bonchev–Trinajstić information content (AvgIpc) is 3.37. The van der Waals surface area contributed by atoms with Crippen molar-refractivity contribution in [2.24, 2.45) is 0 Å². The number of carbonyl (C=O) groups is 1. The van der Waals surface area contributed by atoms with Gasteiger partial charge in [-0.15, -0.1) is 0 Å². The Labute approximate surface area is 167 Å². The number of benzene rings is 2. The zero-order valence-corrected chi connectivity index (χ0v) is 16.6. The van der Waals surface area contributed by atoms with Gasteiger partial charge in [0.25, 0.3) is 5.91 Å². The van der Waals surface area contributed by atoms with E-state index < -0.39 is 0 Å². The zero-order valence-electron chi connectivity index (χ0n) is 15.7. The second-order valence-electron chi connectivity index (χ2n) is 7.17. The van der Waals surface area contributed by atoms with Crippen LogP contribution in [-0.2, 0) is 11.5 Å². The molecule has 140 valence electrons. The Morgan fingerprint density at radius 2 is 2.04 bits per heavy atom. The highest BCUT2D eigenvalue weighted by atomic mass is 32.2. The molecule has 4 aromatic rings. The molecule has 0 bridgehead atoms. The topological polar surface area (TPSA) is 62.7 Å². The predicted octanol–water partition coefficient (Wildman–Crippen LogP) is 4.97. The molecule has 5 nitrogen and oxygen atoms in total. The Morgan fingerprint density at radius 3 is 2.89 bits per heavy atom. The summed E-state index contributed by atoms with van der Waals surface area (Å²) in [7, 11) is 0. The highest BCUT2D eigenvalue weighted by Crippen LogP contribution is 2.37. The largest absolute Gasteiger partial charge is 0.360 e. The fourth-order valence-corrected chi connectivity index (χ4v) is 4.83. The van der Waals surface area contributed by atoms with Crippen LogP contribution in [0.1, 0.15) is 32.7 Å². The van der Waals surface area contributed by atoms with Crippen LogP contribution >= 0.6 is 11.8 Å². The molecule has 0 saturated carbocycles. The van der Waals surface area contributed by atoms with Gasteiger partial charge in [0, 0.05) is 34.2 Å². The van der Waals surface area contributed by atoms with Gasteiger partial charge >= 0.3 is 0 Å². The van der Waals surface area contributed by atoms with Crippen LogP contribution in [0.3, 0.4) is 0 Å². The molecular formula is C22H20N4OS. The lowest BCUT2D eigenvalue weighted by Gasteiger charge is -2.13. The summed E-state index contributed by atoms with van der Waals surface area (Å²) in [5.74, 6) is 2.40. The number of aromatic nitrogens is 3. The summed E-state index contributed by atoms with van der Waals surface area (Å²) < 4.78 is 1.89. The molecule has 6 heteroatoms. The SMILES string of the molecule is Cc1ccc(-n2nc3c(c2NC(=O)c2c[nH]c4ccccc24)CSC3)c(C)c1. The Balaban J connectivity index is 1.59. The van der Waals surface area contributed by atoms with Crippen molar-refractivity contribution in [2.45, 2.75) is 25.4 Å². The second kappa shape index (κ2) is 6.56. The summed E-state index contributed by atoms with van der Waals surface area (Å²) in [6.07, 6.45) is 1.77. The Hall–Kier alpha value is -2.99. The number of anilines is 1. The van der Waals surface area contributed by atoms with E-state index in [-0.39, 0.29) is 5.91 Å². The molecule has 28 heavy (non-hydrogen) atoms. The van der Waals surface area contributed by atoms with Gasteiger partial charge in [-0.05, 0) is 31.5 Å². The summed E-state index contributed by atoms with van der Waals surface area (Å²) in [6.45, 7) is 4.16. The molecule has 0 aliphatic carbocycles. The van der Waals surface area contributed by atoms with E-state index in [4.69, 9.17) is 5.10 Å².